The summed E-state index contributed by atoms with van der Waals surface area (Å²) in [4.78, 5) is 0. The Hall–Kier alpha value is -0.530. The van der Waals surface area contributed by atoms with E-state index in [9.17, 15) is 0 Å². The molecule has 0 saturated heterocycles. The maximum absolute atomic E-state index is 6.41. The number of rotatable bonds is 3. The minimum absolute atomic E-state index is 0.187. The summed E-state index contributed by atoms with van der Waals surface area (Å²) in [7, 11) is 0. The molecule has 2 heteroatoms. The highest BCUT2D eigenvalue weighted by atomic mass is 35.5. The van der Waals surface area contributed by atoms with E-state index in [0.717, 1.165) is 29.2 Å². The van der Waals surface area contributed by atoms with Crippen LogP contribution in [0.3, 0.4) is 0 Å². The Labute approximate surface area is 115 Å². The molecule has 2 N–H and O–H groups in total. The summed E-state index contributed by atoms with van der Waals surface area (Å²) in [6.07, 6.45) is 6.96. The topological polar surface area (TPSA) is 26.0 Å². The smallest absolute Gasteiger partial charge is 0.0408 e. The lowest BCUT2D eigenvalue weighted by Gasteiger charge is -2.25. The number of fused-ring (bicyclic) bond motifs is 2. The molecule has 0 radical (unpaired) electrons. The molecule has 1 nitrogen and oxygen atoms in total. The van der Waals surface area contributed by atoms with Gasteiger partial charge in [-0.3, -0.25) is 0 Å². The van der Waals surface area contributed by atoms with Crippen molar-refractivity contribution in [1.82, 2.24) is 0 Å². The van der Waals surface area contributed by atoms with E-state index in [4.69, 9.17) is 17.3 Å². The monoisotopic (exact) mass is 263 g/mol. The van der Waals surface area contributed by atoms with Crippen molar-refractivity contribution in [2.45, 2.75) is 45.1 Å². The van der Waals surface area contributed by atoms with E-state index in [2.05, 4.69) is 13.0 Å². The van der Waals surface area contributed by atoms with Crippen molar-refractivity contribution in [2.24, 2.45) is 23.5 Å². The minimum atomic E-state index is 0.187. The highest BCUT2D eigenvalue weighted by Crippen LogP contribution is 2.50. The molecule has 4 unspecified atom stereocenters. The number of aryl methyl sites for hydroxylation is 1. The van der Waals surface area contributed by atoms with Crippen LogP contribution in [0, 0.1) is 24.7 Å². The Balaban J connectivity index is 1.69. The summed E-state index contributed by atoms with van der Waals surface area (Å²) < 4.78 is 0. The summed E-state index contributed by atoms with van der Waals surface area (Å²) in [5, 5.41) is 0.809. The van der Waals surface area contributed by atoms with Crippen LogP contribution < -0.4 is 5.73 Å². The second kappa shape index (κ2) is 4.86. The second-order valence-corrected chi connectivity index (χ2v) is 6.71. The molecule has 98 valence electrons. The SMILES string of the molecule is Cc1cc(Cl)ccc1C(N)CC1CC2CCC1C2. The average molecular weight is 264 g/mol. The van der Waals surface area contributed by atoms with Gasteiger partial charge in [-0.25, -0.2) is 0 Å². The van der Waals surface area contributed by atoms with Gasteiger partial charge in [0.05, 0.1) is 0 Å². The number of hydrogen-bond acceptors (Lipinski definition) is 1. The molecule has 2 fully saturated rings. The van der Waals surface area contributed by atoms with E-state index in [-0.39, 0.29) is 6.04 Å². The predicted octanol–water partition coefficient (Wildman–Crippen LogP) is 4.47. The molecular formula is C16H22ClN. The first kappa shape index (κ1) is 12.5. The second-order valence-electron chi connectivity index (χ2n) is 6.28. The number of hydrogen-bond donors (Lipinski definition) is 1. The molecule has 2 saturated carbocycles. The van der Waals surface area contributed by atoms with E-state index in [0.29, 0.717) is 0 Å². The van der Waals surface area contributed by atoms with Crippen LogP contribution in [0.25, 0.3) is 0 Å². The quantitative estimate of drug-likeness (QED) is 0.855. The van der Waals surface area contributed by atoms with Crippen molar-refractivity contribution in [1.29, 1.82) is 0 Å². The number of benzene rings is 1. The van der Waals surface area contributed by atoms with Gasteiger partial charge in [0, 0.05) is 11.1 Å². The lowest BCUT2D eigenvalue weighted by molar-refractivity contribution is 0.296. The number of halogens is 1. The first-order valence-electron chi connectivity index (χ1n) is 7.15. The third kappa shape index (κ3) is 2.31. The van der Waals surface area contributed by atoms with Crippen LogP contribution in [0.4, 0.5) is 0 Å². The lowest BCUT2D eigenvalue weighted by atomic mass is 9.82. The van der Waals surface area contributed by atoms with Crippen LogP contribution in [0.15, 0.2) is 18.2 Å². The molecule has 2 bridgehead atoms. The Kier molecular flexibility index (Phi) is 3.38. The zero-order valence-electron chi connectivity index (χ0n) is 11.0. The average Bonchev–Trinajstić information content (AvgIpc) is 2.90. The highest BCUT2D eigenvalue weighted by molar-refractivity contribution is 6.30. The summed E-state index contributed by atoms with van der Waals surface area (Å²) in [6, 6.07) is 6.28. The lowest BCUT2D eigenvalue weighted by Crippen LogP contribution is -2.20. The van der Waals surface area contributed by atoms with Gasteiger partial charge in [0.15, 0.2) is 0 Å². The van der Waals surface area contributed by atoms with Crippen LogP contribution in [0.1, 0.15) is 49.3 Å². The summed E-state index contributed by atoms with van der Waals surface area (Å²) in [5.74, 6) is 2.85. The Morgan fingerprint density at radius 3 is 2.78 bits per heavy atom. The van der Waals surface area contributed by atoms with Crippen LogP contribution in [-0.4, -0.2) is 0 Å². The van der Waals surface area contributed by atoms with Gasteiger partial charge in [-0.15, -0.1) is 0 Å². The normalized spacial score (nSPS) is 31.8. The standard InChI is InChI=1S/C16H22ClN/c1-10-6-14(17)4-5-15(10)16(18)9-13-8-11-2-3-12(13)7-11/h4-6,11-13,16H,2-3,7-9,18H2,1H3. The predicted molar refractivity (Wildman–Crippen MR) is 76.7 cm³/mol. The zero-order chi connectivity index (χ0) is 12.7. The van der Waals surface area contributed by atoms with E-state index in [1.54, 1.807) is 0 Å². The van der Waals surface area contributed by atoms with Gasteiger partial charge in [0.2, 0.25) is 0 Å². The maximum Gasteiger partial charge on any atom is 0.0408 e. The van der Waals surface area contributed by atoms with Crippen molar-refractivity contribution < 1.29 is 0 Å². The van der Waals surface area contributed by atoms with Crippen LogP contribution >= 0.6 is 11.6 Å². The first-order chi connectivity index (χ1) is 8.63. The van der Waals surface area contributed by atoms with Gasteiger partial charge in [0.1, 0.15) is 0 Å². The Morgan fingerprint density at radius 2 is 2.17 bits per heavy atom. The zero-order valence-corrected chi connectivity index (χ0v) is 11.8. The molecule has 1 aromatic rings. The molecule has 2 aliphatic carbocycles. The largest absolute Gasteiger partial charge is 0.324 e. The van der Waals surface area contributed by atoms with Crippen LogP contribution in [0.5, 0.6) is 0 Å². The molecule has 0 aromatic heterocycles. The summed E-state index contributed by atoms with van der Waals surface area (Å²) in [6.45, 7) is 2.11. The van der Waals surface area contributed by atoms with Crippen molar-refractivity contribution in [3.63, 3.8) is 0 Å². The molecule has 0 spiro atoms. The maximum atomic E-state index is 6.41. The van der Waals surface area contributed by atoms with Crippen LogP contribution in [-0.2, 0) is 0 Å². The summed E-state index contributed by atoms with van der Waals surface area (Å²) in [5.41, 5.74) is 8.93. The van der Waals surface area contributed by atoms with E-state index in [1.165, 1.54) is 36.8 Å². The van der Waals surface area contributed by atoms with Crippen molar-refractivity contribution >= 4 is 11.6 Å². The molecular weight excluding hydrogens is 242 g/mol. The molecule has 0 aliphatic heterocycles. The van der Waals surface area contributed by atoms with Crippen molar-refractivity contribution in [3.05, 3.63) is 34.3 Å². The Morgan fingerprint density at radius 1 is 1.33 bits per heavy atom. The van der Waals surface area contributed by atoms with Crippen molar-refractivity contribution in [2.75, 3.05) is 0 Å². The molecule has 1 aromatic carbocycles. The van der Waals surface area contributed by atoms with Gasteiger partial charge in [-0.05, 0) is 73.6 Å². The van der Waals surface area contributed by atoms with Gasteiger partial charge in [-0.1, -0.05) is 24.1 Å². The van der Waals surface area contributed by atoms with Gasteiger partial charge >= 0.3 is 0 Å². The minimum Gasteiger partial charge on any atom is -0.324 e. The van der Waals surface area contributed by atoms with Gasteiger partial charge < -0.3 is 5.73 Å². The fourth-order valence-corrected chi connectivity index (χ4v) is 4.40. The van der Waals surface area contributed by atoms with Gasteiger partial charge in [0.25, 0.3) is 0 Å². The fourth-order valence-electron chi connectivity index (χ4n) is 4.17. The molecule has 3 rings (SSSR count). The molecule has 2 aliphatic rings. The molecule has 0 amide bonds. The van der Waals surface area contributed by atoms with E-state index >= 15 is 0 Å². The molecule has 18 heavy (non-hydrogen) atoms. The molecule has 4 atom stereocenters. The third-order valence-electron chi connectivity index (χ3n) is 5.07. The molecule has 0 heterocycles. The van der Waals surface area contributed by atoms with Crippen LogP contribution in [0.2, 0.25) is 5.02 Å². The van der Waals surface area contributed by atoms with Gasteiger partial charge in [-0.2, -0.15) is 0 Å². The fraction of sp³-hybridized carbons (Fsp3) is 0.625. The van der Waals surface area contributed by atoms with Crippen molar-refractivity contribution in [3.8, 4) is 0 Å². The van der Waals surface area contributed by atoms with E-state index < -0.39 is 0 Å². The summed E-state index contributed by atoms with van der Waals surface area (Å²) >= 11 is 6.00. The highest BCUT2D eigenvalue weighted by Gasteiger charge is 2.39. The third-order valence-corrected chi connectivity index (χ3v) is 5.31. The Bertz CT molecular complexity index is 443. The van der Waals surface area contributed by atoms with E-state index in [1.807, 2.05) is 12.1 Å². The number of nitrogens with two attached hydrogens (primary N) is 1. The first-order valence-corrected chi connectivity index (χ1v) is 7.53.